The van der Waals surface area contributed by atoms with Crippen molar-refractivity contribution in [3.63, 3.8) is 0 Å². The number of imidazole rings is 1. The van der Waals surface area contributed by atoms with Gasteiger partial charge in [-0.1, -0.05) is 0 Å². The molecule has 3 heterocycles. The van der Waals surface area contributed by atoms with Gasteiger partial charge >= 0.3 is 0 Å². The van der Waals surface area contributed by atoms with E-state index in [0.29, 0.717) is 5.41 Å². The summed E-state index contributed by atoms with van der Waals surface area (Å²) in [5, 5.41) is 3.60. The lowest BCUT2D eigenvalue weighted by atomic mass is 9.74. The third kappa shape index (κ3) is 2.84. The predicted molar refractivity (Wildman–Crippen MR) is 76.9 cm³/mol. The van der Waals surface area contributed by atoms with E-state index in [1.165, 1.54) is 57.6 Å². The summed E-state index contributed by atoms with van der Waals surface area (Å²) in [7, 11) is 0. The van der Waals surface area contributed by atoms with Gasteiger partial charge in [-0.25, -0.2) is 4.98 Å². The smallest absolute Gasteiger partial charge is 0.0948 e. The molecular weight excluding hydrogens is 236 g/mol. The van der Waals surface area contributed by atoms with Gasteiger partial charge in [0.05, 0.1) is 12.0 Å². The van der Waals surface area contributed by atoms with Gasteiger partial charge in [0, 0.05) is 32.4 Å². The molecule has 0 radical (unpaired) electrons. The van der Waals surface area contributed by atoms with E-state index in [0.717, 1.165) is 13.1 Å². The summed E-state index contributed by atoms with van der Waals surface area (Å²) in [6.07, 6.45) is 9.50. The Hall–Kier alpha value is -0.870. The minimum atomic E-state index is 0.549. The summed E-state index contributed by atoms with van der Waals surface area (Å²) in [6.45, 7) is 9.21. The Labute approximate surface area is 116 Å². The van der Waals surface area contributed by atoms with E-state index in [4.69, 9.17) is 0 Å². The third-order valence-corrected chi connectivity index (χ3v) is 4.83. The molecule has 2 aliphatic rings. The van der Waals surface area contributed by atoms with Gasteiger partial charge in [0.2, 0.25) is 0 Å². The summed E-state index contributed by atoms with van der Waals surface area (Å²) in [5.74, 6) is 0. The topological polar surface area (TPSA) is 33.1 Å². The van der Waals surface area contributed by atoms with Crippen LogP contribution in [-0.4, -0.2) is 40.6 Å². The number of nitrogens with zero attached hydrogens (tertiary/aromatic N) is 3. The fourth-order valence-electron chi connectivity index (χ4n) is 3.82. The summed E-state index contributed by atoms with van der Waals surface area (Å²) in [6, 6.07) is 0. The predicted octanol–water partition coefficient (Wildman–Crippen LogP) is 1.87. The Balaban J connectivity index is 1.65. The van der Waals surface area contributed by atoms with E-state index in [1.807, 2.05) is 12.5 Å². The average Bonchev–Trinajstić information content (AvgIpc) is 2.87. The number of likely N-dealkylation sites (tertiary alicyclic amines) is 1. The molecule has 1 atom stereocenters. The Morgan fingerprint density at radius 3 is 3.05 bits per heavy atom. The van der Waals surface area contributed by atoms with Crippen LogP contribution in [0.2, 0.25) is 0 Å². The molecule has 3 rings (SSSR count). The molecule has 4 heteroatoms. The molecular formula is C15H26N4. The lowest BCUT2D eigenvalue weighted by Crippen LogP contribution is -2.50. The monoisotopic (exact) mass is 262 g/mol. The van der Waals surface area contributed by atoms with Gasteiger partial charge in [-0.2, -0.15) is 0 Å². The molecule has 2 saturated heterocycles. The van der Waals surface area contributed by atoms with E-state index in [2.05, 4.69) is 26.7 Å². The highest BCUT2D eigenvalue weighted by molar-refractivity contribution is 5.00. The van der Waals surface area contributed by atoms with Crippen LogP contribution in [0.5, 0.6) is 0 Å². The van der Waals surface area contributed by atoms with Crippen LogP contribution in [-0.2, 0) is 13.1 Å². The lowest BCUT2D eigenvalue weighted by Gasteiger charge is -2.45. The van der Waals surface area contributed by atoms with E-state index >= 15 is 0 Å². The maximum absolute atomic E-state index is 4.29. The van der Waals surface area contributed by atoms with Gasteiger partial charge < -0.3 is 9.88 Å². The van der Waals surface area contributed by atoms with Gasteiger partial charge in [-0.05, 0) is 51.1 Å². The first-order valence-corrected chi connectivity index (χ1v) is 7.73. The maximum atomic E-state index is 4.29. The van der Waals surface area contributed by atoms with Gasteiger partial charge in [0.15, 0.2) is 0 Å². The summed E-state index contributed by atoms with van der Waals surface area (Å²) in [4.78, 5) is 6.92. The van der Waals surface area contributed by atoms with Crippen LogP contribution in [0.4, 0.5) is 0 Å². The van der Waals surface area contributed by atoms with Crippen molar-refractivity contribution in [2.24, 2.45) is 5.41 Å². The van der Waals surface area contributed by atoms with Crippen molar-refractivity contribution in [2.75, 3.05) is 26.2 Å². The van der Waals surface area contributed by atoms with Crippen molar-refractivity contribution < 1.29 is 0 Å². The quantitative estimate of drug-likeness (QED) is 0.903. The Morgan fingerprint density at radius 2 is 2.26 bits per heavy atom. The molecule has 2 fully saturated rings. The molecule has 1 aromatic heterocycles. The summed E-state index contributed by atoms with van der Waals surface area (Å²) in [5.41, 5.74) is 1.91. The average molecular weight is 262 g/mol. The molecule has 0 aromatic carbocycles. The van der Waals surface area contributed by atoms with Crippen molar-refractivity contribution in [2.45, 2.75) is 45.7 Å². The van der Waals surface area contributed by atoms with Crippen LogP contribution < -0.4 is 5.32 Å². The fourth-order valence-corrected chi connectivity index (χ4v) is 3.82. The standard InChI is InChI=1S/C15H26N4/c1-2-19-13-17-9-14(19)10-18-8-4-6-15(12-18)5-3-7-16-11-15/h9,13,16H,2-8,10-12H2,1H3. The first-order valence-electron chi connectivity index (χ1n) is 7.73. The zero-order valence-electron chi connectivity index (χ0n) is 12.1. The van der Waals surface area contributed by atoms with Crippen LogP contribution in [0, 0.1) is 5.41 Å². The minimum absolute atomic E-state index is 0.549. The van der Waals surface area contributed by atoms with Gasteiger partial charge in [-0.15, -0.1) is 0 Å². The zero-order chi connectivity index (χ0) is 13.1. The first kappa shape index (κ1) is 13.1. The van der Waals surface area contributed by atoms with Gasteiger partial charge in [0.1, 0.15) is 0 Å². The van der Waals surface area contributed by atoms with Crippen LogP contribution in [0.25, 0.3) is 0 Å². The van der Waals surface area contributed by atoms with E-state index in [1.54, 1.807) is 0 Å². The molecule has 1 N–H and O–H groups in total. The molecule has 0 saturated carbocycles. The van der Waals surface area contributed by atoms with Crippen molar-refractivity contribution in [1.29, 1.82) is 0 Å². The summed E-state index contributed by atoms with van der Waals surface area (Å²) < 4.78 is 2.26. The van der Waals surface area contributed by atoms with Crippen molar-refractivity contribution in [3.8, 4) is 0 Å². The molecule has 19 heavy (non-hydrogen) atoms. The molecule has 1 unspecified atom stereocenters. The number of piperidine rings is 2. The number of hydrogen-bond acceptors (Lipinski definition) is 3. The Morgan fingerprint density at radius 1 is 1.37 bits per heavy atom. The first-order chi connectivity index (χ1) is 9.31. The highest BCUT2D eigenvalue weighted by Gasteiger charge is 2.36. The van der Waals surface area contributed by atoms with Crippen LogP contribution in [0.1, 0.15) is 38.3 Å². The number of rotatable bonds is 3. The fraction of sp³-hybridized carbons (Fsp3) is 0.800. The Bertz CT molecular complexity index is 401. The number of hydrogen-bond donors (Lipinski definition) is 1. The second-order valence-corrected chi connectivity index (χ2v) is 6.27. The van der Waals surface area contributed by atoms with Crippen LogP contribution in [0.15, 0.2) is 12.5 Å². The molecule has 0 amide bonds. The third-order valence-electron chi connectivity index (χ3n) is 4.83. The van der Waals surface area contributed by atoms with Gasteiger partial charge in [0.25, 0.3) is 0 Å². The van der Waals surface area contributed by atoms with Crippen LogP contribution >= 0.6 is 0 Å². The molecule has 4 nitrogen and oxygen atoms in total. The lowest BCUT2D eigenvalue weighted by molar-refractivity contribution is 0.0587. The van der Waals surface area contributed by atoms with Crippen molar-refractivity contribution in [1.82, 2.24) is 19.8 Å². The highest BCUT2D eigenvalue weighted by atomic mass is 15.2. The van der Waals surface area contributed by atoms with Crippen LogP contribution in [0.3, 0.4) is 0 Å². The van der Waals surface area contributed by atoms with Gasteiger partial charge in [-0.3, -0.25) is 4.90 Å². The second-order valence-electron chi connectivity index (χ2n) is 6.27. The van der Waals surface area contributed by atoms with Crippen molar-refractivity contribution >= 4 is 0 Å². The zero-order valence-corrected chi connectivity index (χ0v) is 12.1. The van der Waals surface area contributed by atoms with Crippen molar-refractivity contribution in [3.05, 3.63) is 18.2 Å². The maximum Gasteiger partial charge on any atom is 0.0948 e. The minimum Gasteiger partial charge on any atom is -0.334 e. The SMILES string of the molecule is CCn1cncc1CN1CCCC2(CCCNC2)C1. The number of aromatic nitrogens is 2. The van der Waals surface area contributed by atoms with E-state index < -0.39 is 0 Å². The summed E-state index contributed by atoms with van der Waals surface area (Å²) >= 11 is 0. The molecule has 0 aliphatic carbocycles. The van der Waals surface area contributed by atoms with E-state index in [-0.39, 0.29) is 0 Å². The molecule has 1 aromatic rings. The van der Waals surface area contributed by atoms with E-state index in [9.17, 15) is 0 Å². The number of aryl methyl sites for hydroxylation is 1. The Kier molecular flexibility index (Phi) is 3.89. The normalized spacial score (nSPS) is 28.9. The molecule has 106 valence electrons. The highest BCUT2D eigenvalue weighted by Crippen LogP contribution is 2.36. The molecule has 0 bridgehead atoms. The second kappa shape index (κ2) is 5.63. The molecule has 2 aliphatic heterocycles. The number of nitrogens with one attached hydrogen (secondary N) is 1. The molecule has 1 spiro atoms. The largest absolute Gasteiger partial charge is 0.334 e.